The second kappa shape index (κ2) is 18.4. The molecule has 4 heterocycles. The van der Waals surface area contributed by atoms with Gasteiger partial charge in [0, 0.05) is 58.1 Å². The number of nitrogens with one attached hydrogen (secondary N) is 2. The van der Waals surface area contributed by atoms with E-state index in [9.17, 15) is 14.0 Å². The maximum Gasteiger partial charge on any atom is 0.231 e. The number of aromatic amines is 2. The third-order valence-corrected chi connectivity index (χ3v) is 11.9. The molecule has 6 aromatic carbocycles. The van der Waals surface area contributed by atoms with Crippen LogP contribution in [0.5, 0.6) is 0 Å². The lowest BCUT2D eigenvalue weighted by Gasteiger charge is -2.25. The quantitative estimate of drug-likeness (QED) is 0.119. The first-order valence-electron chi connectivity index (χ1n) is 21.5. The molecule has 13 heteroatoms. The van der Waals surface area contributed by atoms with Gasteiger partial charge in [0.25, 0.3) is 0 Å². The van der Waals surface area contributed by atoms with E-state index >= 15 is 8.78 Å². The van der Waals surface area contributed by atoms with Crippen LogP contribution in [0.25, 0.3) is 55.4 Å². The summed E-state index contributed by atoms with van der Waals surface area (Å²) in [4.78, 5) is 55.7. The number of nitrogens with zero attached hydrogens (tertiary/aromatic N) is 6. The van der Waals surface area contributed by atoms with Gasteiger partial charge in [0.1, 0.15) is 11.6 Å². The third kappa shape index (κ3) is 8.90. The fraction of sp³-hybridized carbons (Fsp3) is 0.0741. The van der Waals surface area contributed by atoms with Crippen LogP contribution >= 0.6 is 0 Å². The number of hydrogen-bond acceptors (Lipinski definition) is 6. The Morgan fingerprint density at radius 1 is 0.522 bits per heavy atom. The van der Waals surface area contributed by atoms with E-state index in [-0.39, 0.29) is 43.3 Å². The topological polar surface area (TPSA) is 124 Å². The monoisotopic (exact) mass is 888 g/mol. The SMILES string of the molecule is O=C(Cc1cncc2ccccc12)N(Cc1cc(F)ccc1-c1ncc(-c2ccc(N(Cc3cccc(F)c3F)C(=O)Cc3cncc4ccccc34)cc2)[nH]1)c1ccc(-c2cnc[nH]2)cc1. The summed E-state index contributed by atoms with van der Waals surface area (Å²) >= 11 is 0. The largest absolute Gasteiger partial charge is 0.345 e. The Hall–Kier alpha value is -8.71. The number of aromatic nitrogens is 6. The van der Waals surface area contributed by atoms with Crippen molar-refractivity contribution < 1.29 is 22.8 Å². The molecule has 0 saturated carbocycles. The van der Waals surface area contributed by atoms with Crippen LogP contribution < -0.4 is 9.80 Å². The maximum atomic E-state index is 15.2. The second-order valence-electron chi connectivity index (χ2n) is 16.1. The Balaban J connectivity index is 0.947. The van der Waals surface area contributed by atoms with Gasteiger partial charge in [-0.05, 0) is 87.1 Å². The minimum absolute atomic E-state index is 0.0167. The molecule has 0 aliphatic rings. The molecule has 0 bridgehead atoms. The molecule has 4 aromatic heterocycles. The van der Waals surface area contributed by atoms with Gasteiger partial charge in [0.05, 0.1) is 56.0 Å². The zero-order valence-corrected chi connectivity index (χ0v) is 35.7. The predicted molar refractivity (Wildman–Crippen MR) is 253 cm³/mol. The number of fused-ring (bicyclic) bond motifs is 2. The number of amides is 2. The third-order valence-electron chi connectivity index (χ3n) is 11.9. The smallest absolute Gasteiger partial charge is 0.231 e. The van der Waals surface area contributed by atoms with E-state index in [0.717, 1.165) is 44.4 Å². The van der Waals surface area contributed by atoms with Crippen molar-refractivity contribution in [2.24, 2.45) is 0 Å². The molecule has 0 atom stereocenters. The van der Waals surface area contributed by atoms with Crippen LogP contribution in [0.15, 0.2) is 177 Å². The molecule has 0 spiro atoms. The van der Waals surface area contributed by atoms with Gasteiger partial charge >= 0.3 is 0 Å². The number of H-pyrrole nitrogens is 2. The lowest BCUT2D eigenvalue weighted by molar-refractivity contribution is -0.118. The van der Waals surface area contributed by atoms with Crippen LogP contribution in [0.2, 0.25) is 0 Å². The summed E-state index contributed by atoms with van der Waals surface area (Å²) < 4.78 is 44.7. The molecule has 2 N–H and O–H groups in total. The van der Waals surface area contributed by atoms with E-state index < -0.39 is 17.5 Å². The normalized spacial score (nSPS) is 11.3. The molecular formula is C54H39F3N8O2. The van der Waals surface area contributed by atoms with E-state index in [0.29, 0.717) is 45.1 Å². The number of hydrogen-bond donors (Lipinski definition) is 2. The van der Waals surface area contributed by atoms with E-state index in [4.69, 9.17) is 4.98 Å². The average Bonchev–Trinajstić information content (AvgIpc) is 4.09. The molecule has 67 heavy (non-hydrogen) atoms. The number of carbonyl (C=O) groups excluding carboxylic acids is 2. The lowest BCUT2D eigenvalue weighted by atomic mass is 10.0. The first-order chi connectivity index (χ1) is 32.8. The number of halogens is 3. The standard InChI is InChI=1S/C54H39F3N8O2/c55-42-16-21-47(41(22-42)32-65(44-17-12-34(13-18-44)49-29-60-33-62-49)52(67)24-40-28-59-26-37-7-2-4-10-46(37)40)54-61-30-50(63-54)35-14-19-43(20-15-35)64(31-38-8-5-11-48(56)53(38)57)51(66)23-39-27-58-25-36-6-1-3-9-45(36)39/h1-22,25-30,33H,23-24,31-32H2,(H,60,62)(H,61,63). The summed E-state index contributed by atoms with van der Waals surface area (Å²) in [7, 11) is 0. The van der Waals surface area contributed by atoms with E-state index in [1.165, 1.54) is 29.2 Å². The molecule has 0 radical (unpaired) electrons. The Morgan fingerprint density at radius 3 is 1.70 bits per heavy atom. The molecule has 10 nitrogen and oxygen atoms in total. The van der Waals surface area contributed by atoms with Gasteiger partial charge in [0.15, 0.2) is 11.6 Å². The minimum Gasteiger partial charge on any atom is -0.345 e. The van der Waals surface area contributed by atoms with Crippen molar-refractivity contribution in [3.63, 3.8) is 0 Å². The molecule has 2 amide bonds. The number of imidazole rings is 2. The van der Waals surface area contributed by atoms with Gasteiger partial charge < -0.3 is 19.8 Å². The highest BCUT2D eigenvalue weighted by Crippen LogP contribution is 2.32. The van der Waals surface area contributed by atoms with Crippen molar-refractivity contribution in [2.45, 2.75) is 25.9 Å². The van der Waals surface area contributed by atoms with Crippen molar-refractivity contribution in [1.82, 2.24) is 29.9 Å². The van der Waals surface area contributed by atoms with Gasteiger partial charge in [-0.2, -0.15) is 0 Å². The van der Waals surface area contributed by atoms with E-state index in [1.807, 2.05) is 72.8 Å². The van der Waals surface area contributed by atoms with Crippen molar-refractivity contribution in [3.8, 4) is 33.9 Å². The van der Waals surface area contributed by atoms with Crippen LogP contribution in [0, 0.1) is 17.5 Å². The predicted octanol–water partition coefficient (Wildman–Crippen LogP) is 11.2. The summed E-state index contributed by atoms with van der Waals surface area (Å²) in [6.45, 7) is -0.197. The van der Waals surface area contributed by atoms with Crippen LogP contribution in [0.1, 0.15) is 22.3 Å². The number of rotatable bonds is 13. The van der Waals surface area contributed by atoms with Gasteiger partial charge in [-0.3, -0.25) is 19.6 Å². The second-order valence-corrected chi connectivity index (χ2v) is 16.1. The molecule has 0 saturated heterocycles. The van der Waals surface area contributed by atoms with Crippen LogP contribution in [0.3, 0.4) is 0 Å². The minimum atomic E-state index is -1.02. The first kappa shape index (κ1) is 42.3. The van der Waals surface area contributed by atoms with Crippen LogP contribution in [-0.2, 0) is 35.5 Å². The Morgan fingerprint density at radius 2 is 1.10 bits per heavy atom. The molecule has 0 aliphatic heterocycles. The summed E-state index contributed by atoms with van der Waals surface area (Å²) in [5.74, 6) is -2.62. The van der Waals surface area contributed by atoms with Gasteiger partial charge in [-0.25, -0.2) is 23.1 Å². The number of pyridine rings is 2. The zero-order valence-electron chi connectivity index (χ0n) is 35.7. The van der Waals surface area contributed by atoms with Gasteiger partial charge in [-0.15, -0.1) is 0 Å². The Labute approximate surface area is 382 Å². The van der Waals surface area contributed by atoms with Gasteiger partial charge in [0.2, 0.25) is 11.8 Å². The lowest BCUT2D eigenvalue weighted by Crippen LogP contribution is -2.32. The molecule has 0 aliphatic carbocycles. The number of benzene rings is 6. The number of carbonyl (C=O) groups is 2. The summed E-state index contributed by atoms with van der Waals surface area (Å²) in [5, 5.41) is 3.58. The summed E-state index contributed by atoms with van der Waals surface area (Å²) in [5.41, 5.74) is 6.70. The highest BCUT2D eigenvalue weighted by atomic mass is 19.2. The number of anilines is 2. The van der Waals surface area contributed by atoms with E-state index in [1.54, 1.807) is 78.7 Å². The average molecular weight is 889 g/mol. The molecular weight excluding hydrogens is 850 g/mol. The van der Waals surface area contributed by atoms with Crippen molar-refractivity contribution >= 4 is 44.7 Å². The van der Waals surface area contributed by atoms with Crippen LogP contribution in [0.4, 0.5) is 24.5 Å². The Bertz CT molecular complexity index is 3400. The molecule has 0 unspecified atom stereocenters. The summed E-state index contributed by atoms with van der Waals surface area (Å²) in [6.07, 6.45) is 11.8. The first-order valence-corrected chi connectivity index (χ1v) is 21.5. The maximum absolute atomic E-state index is 15.2. The Kier molecular flexibility index (Phi) is 11.6. The molecule has 0 fully saturated rings. The van der Waals surface area contributed by atoms with Crippen molar-refractivity contribution in [1.29, 1.82) is 0 Å². The van der Waals surface area contributed by atoms with Crippen LogP contribution in [-0.4, -0.2) is 41.7 Å². The van der Waals surface area contributed by atoms with Gasteiger partial charge in [-0.1, -0.05) is 84.9 Å². The summed E-state index contributed by atoms with van der Waals surface area (Å²) in [6, 6.07) is 38.3. The highest BCUT2D eigenvalue weighted by molar-refractivity contribution is 5.99. The fourth-order valence-electron chi connectivity index (χ4n) is 8.40. The highest BCUT2D eigenvalue weighted by Gasteiger charge is 2.24. The molecule has 10 aromatic rings. The zero-order chi connectivity index (χ0) is 45.9. The fourth-order valence-corrected chi connectivity index (χ4v) is 8.40. The molecule has 328 valence electrons. The van der Waals surface area contributed by atoms with E-state index in [2.05, 4.69) is 24.9 Å². The molecule has 10 rings (SSSR count). The van der Waals surface area contributed by atoms with Crippen molar-refractivity contribution in [2.75, 3.05) is 9.80 Å². The van der Waals surface area contributed by atoms with Crippen molar-refractivity contribution in [3.05, 3.63) is 217 Å².